The Hall–Kier alpha value is -0.120. The first kappa shape index (κ1) is 12.0. The molecule has 1 heterocycles. The lowest BCUT2D eigenvalue weighted by Crippen LogP contribution is -2.32. The van der Waals surface area contributed by atoms with Crippen LogP contribution in [-0.4, -0.2) is 38.5 Å². The van der Waals surface area contributed by atoms with Crippen LogP contribution in [-0.2, 0) is 9.47 Å². The highest BCUT2D eigenvalue weighted by Crippen LogP contribution is 2.12. The molecule has 3 heteroatoms. The van der Waals surface area contributed by atoms with E-state index >= 15 is 0 Å². The SMILES string of the molecule is COC(C)(C)CCNCC1CCCO1. The number of ether oxygens (including phenoxy) is 2. The van der Waals surface area contributed by atoms with E-state index in [9.17, 15) is 0 Å². The van der Waals surface area contributed by atoms with Gasteiger partial charge in [-0.15, -0.1) is 0 Å². The zero-order chi connectivity index (χ0) is 10.4. The van der Waals surface area contributed by atoms with Gasteiger partial charge in [0, 0.05) is 20.3 Å². The molecule has 0 saturated carbocycles. The summed E-state index contributed by atoms with van der Waals surface area (Å²) in [5.41, 5.74) is -0.0104. The van der Waals surface area contributed by atoms with E-state index in [1.54, 1.807) is 7.11 Å². The third-order valence-electron chi connectivity index (χ3n) is 2.85. The molecule has 1 aliphatic heterocycles. The highest BCUT2D eigenvalue weighted by Gasteiger charge is 2.17. The van der Waals surface area contributed by atoms with Gasteiger partial charge in [-0.1, -0.05) is 0 Å². The van der Waals surface area contributed by atoms with E-state index < -0.39 is 0 Å². The Morgan fingerprint density at radius 2 is 2.29 bits per heavy atom. The summed E-state index contributed by atoms with van der Waals surface area (Å²) in [6.07, 6.45) is 3.91. The lowest BCUT2D eigenvalue weighted by Gasteiger charge is -2.23. The molecule has 3 nitrogen and oxygen atoms in total. The lowest BCUT2D eigenvalue weighted by atomic mass is 10.1. The monoisotopic (exact) mass is 201 g/mol. The second-order valence-corrected chi connectivity index (χ2v) is 4.55. The van der Waals surface area contributed by atoms with Crippen molar-refractivity contribution < 1.29 is 9.47 Å². The molecule has 1 fully saturated rings. The molecule has 1 saturated heterocycles. The number of nitrogens with one attached hydrogen (secondary N) is 1. The van der Waals surface area contributed by atoms with Gasteiger partial charge in [-0.2, -0.15) is 0 Å². The van der Waals surface area contributed by atoms with E-state index in [0.717, 1.165) is 26.1 Å². The van der Waals surface area contributed by atoms with Crippen LogP contribution in [0.3, 0.4) is 0 Å². The average molecular weight is 201 g/mol. The molecule has 0 aromatic heterocycles. The molecule has 0 aromatic rings. The fourth-order valence-corrected chi connectivity index (χ4v) is 1.56. The van der Waals surface area contributed by atoms with Gasteiger partial charge in [-0.3, -0.25) is 0 Å². The average Bonchev–Trinajstić information content (AvgIpc) is 2.65. The highest BCUT2D eigenvalue weighted by molar-refractivity contribution is 4.71. The second-order valence-electron chi connectivity index (χ2n) is 4.55. The Morgan fingerprint density at radius 1 is 1.50 bits per heavy atom. The van der Waals surface area contributed by atoms with Crippen molar-refractivity contribution in [3.63, 3.8) is 0 Å². The van der Waals surface area contributed by atoms with Crippen LogP contribution in [0.15, 0.2) is 0 Å². The molecule has 14 heavy (non-hydrogen) atoms. The molecule has 84 valence electrons. The van der Waals surface area contributed by atoms with Gasteiger partial charge in [-0.05, 0) is 39.7 Å². The molecule has 1 atom stereocenters. The summed E-state index contributed by atoms with van der Waals surface area (Å²) in [7, 11) is 1.76. The summed E-state index contributed by atoms with van der Waals surface area (Å²) >= 11 is 0. The van der Waals surface area contributed by atoms with E-state index in [2.05, 4.69) is 19.2 Å². The van der Waals surface area contributed by atoms with Gasteiger partial charge >= 0.3 is 0 Å². The highest BCUT2D eigenvalue weighted by atomic mass is 16.5. The van der Waals surface area contributed by atoms with Crippen LogP contribution in [0.4, 0.5) is 0 Å². The summed E-state index contributed by atoms with van der Waals surface area (Å²) in [5.74, 6) is 0. The molecule has 1 rings (SSSR count). The van der Waals surface area contributed by atoms with Crippen LogP contribution < -0.4 is 5.32 Å². The van der Waals surface area contributed by atoms with E-state index in [1.807, 2.05) is 0 Å². The number of hydrogen-bond donors (Lipinski definition) is 1. The number of methoxy groups -OCH3 is 1. The zero-order valence-corrected chi connectivity index (χ0v) is 9.64. The van der Waals surface area contributed by atoms with Gasteiger partial charge in [0.1, 0.15) is 0 Å². The third kappa shape index (κ3) is 4.40. The third-order valence-corrected chi connectivity index (χ3v) is 2.85. The summed E-state index contributed by atoms with van der Waals surface area (Å²) < 4.78 is 10.9. The minimum Gasteiger partial charge on any atom is -0.379 e. The Morgan fingerprint density at radius 3 is 2.86 bits per heavy atom. The summed E-state index contributed by atoms with van der Waals surface area (Å²) in [6.45, 7) is 7.15. The molecule has 0 aliphatic carbocycles. The van der Waals surface area contributed by atoms with Crippen molar-refractivity contribution in [1.82, 2.24) is 5.32 Å². The van der Waals surface area contributed by atoms with Gasteiger partial charge in [0.05, 0.1) is 11.7 Å². The lowest BCUT2D eigenvalue weighted by molar-refractivity contribution is 0.0149. The van der Waals surface area contributed by atoms with E-state index in [1.165, 1.54) is 12.8 Å². The van der Waals surface area contributed by atoms with Crippen molar-refractivity contribution >= 4 is 0 Å². The Balaban J connectivity index is 1.98. The Labute approximate surface area is 87.2 Å². The van der Waals surface area contributed by atoms with Crippen LogP contribution in [0.2, 0.25) is 0 Å². The minimum absolute atomic E-state index is 0.0104. The summed E-state index contributed by atoms with van der Waals surface area (Å²) in [4.78, 5) is 0. The van der Waals surface area contributed by atoms with Crippen molar-refractivity contribution in [3.8, 4) is 0 Å². The van der Waals surface area contributed by atoms with Gasteiger partial charge in [0.15, 0.2) is 0 Å². The molecule has 1 aliphatic rings. The molecule has 1 N–H and O–H groups in total. The Kier molecular flexibility index (Phi) is 4.85. The standard InChI is InChI=1S/C11H23NO2/c1-11(2,13-3)6-7-12-9-10-5-4-8-14-10/h10,12H,4-9H2,1-3H3. The topological polar surface area (TPSA) is 30.5 Å². The van der Waals surface area contributed by atoms with Crippen molar-refractivity contribution in [2.24, 2.45) is 0 Å². The van der Waals surface area contributed by atoms with Gasteiger partial charge in [-0.25, -0.2) is 0 Å². The van der Waals surface area contributed by atoms with Crippen LogP contribution in [0, 0.1) is 0 Å². The van der Waals surface area contributed by atoms with Crippen molar-refractivity contribution in [3.05, 3.63) is 0 Å². The smallest absolute Gasteiger partial charge is 0.0700 e. The molecule has 1 unspecified atom stereocenters. The van der Waals surface area contributed by atoms with Gasteiger partial charge in [0.25, 0.3) is 0 Å². The molecule has 0 spiro atoms. The normalized spacial score (nSPS) is 22.9. The predicted molar refractivity (Wildman–Crippen MR) is 57.5 cm³/mol. The fourth-order valence-electron chi connectivity index (χ4n) is 1.56. The zero-order valence-electron chi connectivity index (χ0n) is 9.64. The molecule has 0 bridgehead atoms. The van der Waals surface area contributed by atoms with Gasteiger partial charge in [0.2, 0.25) is 0 Å². The second kappa shape index (κ2) is 5.69. The molecular weight excluding hydrogens is 178 g/mol. The van der Waals surface area contributed by atoms with Crippen LogP contribution in [0.1, 0.15) is 33.1 Å². The van der Waals surface area contributed by atoms with Crippen molar-refractivity contribution in [2.75, 3.05) is 26.8 Å². The van der Waals surface area contributed by atoms with E-state index in [4.69, 9.17) is 9.47 Å². The van der Waals surface area contributed by atoms with Crippen LogP contribution in [0.5, 0.6) is 0 Å². The molecule has 0 radical (unpaired) electrons. The maximum Gasteiger partial charge on any atom is 0.0700 e. The summed E-state index contributed by atoms with van der Waals surface area (Å²) in [5, 5.41) is 3.41. The maximum atomic E-state index is 5.52. The van der Waals surface area contributed by atoms with Crippen molar-refractivity contribution in [1.29, 1.82) is 0 Å². The molecule has 0 amide bonds. The largest absolute Gasteiger partial charge is 0.379 e. The van der Waals surface area contributed by atoms with Crippen LogP contribution in [0.25, 0.3) is 0 Å². The van der Waals surface area contributed by atoms with Crippen molar-refractivity contribution in [2.45, 2.75) is 44.8 Å². The fraction of sp³-hybridized carbons (Fsp3) is 1.00. The quantitative estimate of drug-likeness (QED) is 0.662. The summed E-state index contributed by atoms with van der Waals surface area (Å²) in [6, 6.07) is 0. The number of rotatable bonds is 6. The first-order valence-electron chi connectivity index (χ1n) is 5.51. The minimum atomic E-state index is -0.0104. The Bertz CT molecular complexity index is 153. The van der Waals surface area contributed by atoms with E-state index in [-0.39, 0.29) is 5.60 Å². The first-order valence-corrected chi connectivity index (χ1v) is 5.51. The van der Waals surface area contributed by atoms with Gasteiger partial charge < -0.3 is 14.8 Å². The molecule has 0 aromatic carbocycles. The molecular formula is C11H23NO2. The van der Waals surface area contributed by atoms with Crippen LogP contribution >= 0.6 is 0 Å². The first-order chi connectivity index (χ1) is 6.64. The maximum absolute atomic E-state index is 5.52. The number of hydrogen-bond acceptors (Lipinski definition) is 3. The predicted octanol–water partition coefficient (Wildman–Crippen LogP) is 1.57. The van der Waals surface area contributed by atoms with E-state index in [0.29, 0.717) is 6.10 Å².